The van der Waals surface area contributed by atoms with Gasteiger partial charge in [0, 0.05) is 25.7 Å². The molecule has 0 rings (SSSR count). The zero-order valence-corrected chi connectivity index (χ0v) is 61.8. The Kier molecular flexibility index (Phi) is 62.4. The van der Waals surface area contributed by atoms with E-state index in [-0.39, 0.29) is 25.7 Å². The normalized spacial score (nSPS) is 14.1. The third-order valence-electron chi connectivity index (χ3n) is 16.9. The van der Waals surface area contributed by atoms with Gasteiger partial charge in [0.1, 0.15) is 19.3 Å². The van der Waals surface area contributed by atoms with Gasteiger partial charge in [-0.3, -0.25) is 37.3 Å². The van der Waals surface area contributed by atoms with Crippen molar-refractivity contribution in [2.24, 2.45) is 17.8 Å². The maximum atomic E-state index is 13.1. The molecule has 0 aromatic rings. The standard InChI is InChI=1S/C73H142O17P2/c1-8-9-10-11-12-13-14-21-25-28-31-40-47-54-70(75)83-60-68(89-72(77)56-49-42-32-29-26-23-20-18-16-15-17-19-22-24-27-30-37-44-51-64(2)3)62-87-91(79,80)85-58-67(74)59-86-92(81,82)88-63-69(90-73(78)57-50-43-36-34-39-46-53-66(6)7)61-84-71(76)55-48-41-35-33-38-45-52-65(4)5/h64-69,74H,8-63H2,1-7H3,(H,79,80)(H,81,82)/t67-,68-,69-/m1/s1. The van der Waals surface area contributed by atoms with E-state index in [1.807, 2.05) is 0 Å². The van der Waals surface area contributed by atoms with Gasteiger partial charge < -0.3 is 33.8 Å². The lowest BCUT2D eigenvalue weighted by Crippen LogP contribution is -2.30. The summed E-state index contributed by atoms with van der Waals surface area (Å²) in [5.74, 6) is 0.0404. The number of phosphoric acid groups is 2. The summed E-state index contributed by atoms with van der Waals surface area (Å²) < 4.78 is 68.3. The van der Waals surface area contributed by atoms with Gasteiger partial charge in [-0.1, -0.05) is 318 Å². The van der Waals surface area contributed by atoms with Crippen molar-refractivity contribution in [3.05, 3.63) is 0 Å². The highest BCUT2D eigenvalue weighted by Crippen LogP contribution is 2.45. The second kappa shape index (κ2) is 63.8. The van der Waals surface area contributed by atoms with Crippen molar-refractivity contribution in [3.63, 3.8) is 0 Å². The Balaban J connectivity index is 5.17. The minimum atomic E-state index is -4.95. The predicted molar refractivity (Wildman–Crippen MR) is 372 cm³/mol. The van der Waals surface area contributed by atoms with Crippen LogP contribution in [0.1, 0.15) is 370 Å². The number of carbonyl (C=O) groups is 4. The van der Waals surface area contributed by atoms with Crippen LogP contribution in [-0.2, 0) is 65.4 Å². The molecule has 0 radical (unpaired) electrons. The fraction of sp³-hybridized carbons (Fsp3) is 0.945. The molecule has 19 heteroatoms. The van der Waals surface area contributed by atoms with Crippen molar-refractivity contribution in [1.29, 1.82) is 0 Å². The van der Waals surface area contributed by atoms with Crippen LogP contribution in [-0.4, -0.2) is 96.7 Å². The molecule has 2 unspecified atom stereocenters. The number of carbonyl (C=O) groups excluding carboxylic acids is 4. The van der Waals surface area contributed by atoms with E-state index in [0.717, 1.165) is 102 Å². The number of phosphoric ester groups is 2. The maximum absolute atomic E-state index is 13.1. The first-order chi connectivity index (χ1) is 44.2. The summed E-state index contributed by atoms with van der Waals surface area (Å²) in [6, 6.07) is 0. The molecule has 0 bridgehead atoms. The Labute approximate surface area is 562 Å². The molecular weight excluding hydrogens is 1210 g/mol. The molecule has 0 amide bonds. The van der Waals surface area contributed by atoms with Crippen LogP contribution in [0, 0.1) is 17.8 Å². The Morgan fingerprint density at radius 1 is 0.293 bits per heavy atom. The van der Waals surface area contributed by atoms with E-state index in [9.17, 15) is 43.2 Å². The Morgan fingerprint density at radius 2 is 0.500 bits per heavy atom. The minimum Gasteiger partial charge on any atom is -0.462 e. The molecule has 3 N–H and O–H groups in total. The number of unbranched alkanes of at least 4 members (excludes halogenated alkanes) is 39. The average Bonchev–Trinajstić information content (AvgIpc) is 3.59. The van der Waals surface area contributed by atoms with Crippen molar-refractivity contribution >= 4 is 39.5 Å². The smallest absolute Gasteiger partial charge is 0.462 e. The molecule has 546 valence electrons. The Hall–Kier alpha value is -1.94. The molecule has 0 heterocycles. The van der Waals surface area contributed by atoms with Gasteiger partial charge in [-0.25, -0.2) is 9.13 Å². The van der Waals surface area contributed by atoms with Crippen LogP contribution in [0.25, 0.3) is 0 Å². The lowest BCUT2D eigenvalue weighted by atomic mass is 10.0. The molecule has 0 saturated carbocycles. The van der Waals surface area contributed by atoms with Crippen molar-refractivity contribution in [2.45, 2.75) is 388 Å². The molecule has 0 aliphatic carbocycles. The van der Waals surface area contributed by atoms with Crippen LogP contribution in [0.3, 0.4) is 0 Å². The average molecular weight is 1350 g/mol. The summed E-state index contributed by atoms with van der Waals surface area (Å²) >= 11 is 0. The molecular formula is C73H142O17P2. The Morgan fingerprint density at radius 3 is 0.739 bits per heavy atom. The van der Waals surface area contributed by atoms with Gasteiger partial charge in [-0.05, 0) is 43.4 Å². The largest absolute Gasteiger partial charge is 0.472 e. The first-order valence-electron chi connectivity index (χ1n) is 37.8. The molecule has 0 fully saturated rings. The lowest BCUT2D eigenvalue weighted by Gasteiger charge is -2.21. The number of aliphatic hydroxyl groups is 1. The number of rotatable bonds is 71. The van der Waals surface area contributed by atoms with Crippen LogP contribution in [0.5, 0.6) is 0 Å². The van der Waals surface area contributed by atoms with Crippen molar-refractivity contribution in [3.8, 4) is 0 Å². The highest BCUT2D eigenvalue weighted by Gasteiger charge is 2.30. The van der Waals surface area contributed by atoms with Crippen LogP contribution in [0.15, 0.2) is 0 Å². The molecule has 5 atom stereocenters. The SMILES string of the molecule is CCCCCCCCCCCCCCCC(=O)OC[C@H](COP(=O)(O)OC[C@@H](O)COP(=O)(O)OC[C@@H](COC(=O)CCCCCCCCC(C)C)OC(=O)CCCCCCCCC(C)C)OC(=O)CCCCCCCCCCCCCCCCCCCCC(C)C. The number of aliphatic hydroxyl groups excluding tert-OH is 1. The van der Waals surface area contributed by atoms with E-state index in [0.29, 0.717) is 37.5 Å². The number of esters is 4. The van der Waals surface area contributed by atoms with Crippen LogP contribution in [0.2, 0.25) is 0 Å². The van der Waals surface area contributed by atoms with E-state index in [2.05, 4.69) is 48.5 Å². The van der Waals surface area contributed by atoms with Gasteiger partial charge in [-0.15, -0.1) is 0 Å². The summed E-state index contributed by atoms with van der Waals surface area (Å²) in [7, 11) is -9.90. The zero-order valence-electron chi connectivity index (χ0n) is 60.0. The monoisotopic (exact) mass is 1350 g/mol. The molecule has 0 saturated heterocycles. The summed E-state index contributed by atoms with van der Waals surface area (Å²) in [5, 5.41) is 10.6. The molecule has 92 heavy (non-hydrogen) atoms. The quantitative estimate of drug-likeness (QED) is 0.0222. The van der Waals surface area contributed by atoms with E-state index in [1.165, 1.54) is 173 Å². The number of hydrogen-bond acceptors (Lipinski definition) is 15. The molecule has 0 aromatic heterocycles. The van der Waals surface area contributed by atoms with Gasteiger partial charge in [0.15, 0.2) is 12.2 Å². The molecule has 0 aliphatic heterocycles. The van der Waals surface area contributed by atoms with Gasteiger partial charge >= 0.3 is 39.5 Å². The summed E-state index contributed by atoms with van der Waals surface area (Å²) in [4.78, 5) is 72.5. The van der Waals surface area contributed by atoms with Crippen molar-refractivity contribution in [2.75, 3.05) is 39.6 Å². The molecule has 0 aliphatic rings. The van der Waals surface area contributed by atoms with E-state index in [1.54, 1.807) is 0 Å². The topological polar surface area (TPSA) is 237 Å². The van der Waals surface area contributed by atoms with E-state index >= 15 is 0 Å². The summed E-state index contributed by atoms with van der Waals surface area (Å²) in [6.45, 7) is 11.7. The third kappa shape index (κ3) is 66.7. The highest BCUT2D eigenvalue weighted by atomic mass is 31.2. The molecule has 0 spiro atoms. The number of hydrogen-bond donors (Lipinski definition) is 3. The zero-order chi connectivity index (χ0) is 68.0. The van der Waals surface area contributed by atoms with Gasteiger partial charge in [-0.2, -0.15) is 0 Å². The Bertz CT molecular complexity index is 1800. The number of ether oxygens (including phenoxy) is 4. The minimum absolute atomic E-state index is 0.101. The second-order valence-electron chi connectivity index (χ2n) is 27.8. The summed E-state index contributed by atoms with van der Waals surface area (Å²) in [6.07, 6.45) is 49.0. The predicted octanol–water partition coefficient (Wildman–Crippen LogP) is 21.0. The van der Waals surface area contributed by atoms with E-state index < -0.39 is 97.5 Å². The summed E-state index contributed by atoms with van der Waals surface area (Å²) in [5.41, 5.74) is 0. The van der Waals surface area contributed by atoms with Crippen molar-refractivity contribution in [1.82, 2.24) is 0 Å². The van der Waals surface area contributed by atoms with Crippen LogP contribution in [0.4, 0.5) is 0 Å². The van der Waals surface area contributed by atoms with Gasteiger partial charge in [0.05, 0.1) is 26.4 Å². The van der Waals surface area contributed by atoms with Gasteiger partial charge in [0.2, 0.25) is 0 Å². The first-order valence-corrected chi connectivity index (χ1v) is 40.8. The van der Waals surface area contributed by atoms with Crippen LogP contribution >= 0.6 is 15.6 Å². The lowest BCUT2D eigenvalue weighted by molar-refractivity contribution is -0.161. The van der Waals surface area contributed by atoms with E-state index in [4.69, 9.17) is 37.0 Å². The highest BCUT2D eigenvalue weighted by molar-refractivity contribution is 7.47. The molecule has 0 aromatic carbocycles. The van der Waals surface area contributed by atoms with Crippen molar-refractivity contribution < 1.29 is 80.2 Å². The second-order valence-corrected chi connectivity index (χ2v) is 30.7. The molecule has 17 nitrogen and oxygen atoms in total. The van der Waals surface area contributed by atoms with Crippen LogP contribution < -0.4 is 0 Å². The fourth-order valence-electron chi connectivity index (χ4n) is 11.1. The van der Waals surface area contributed by atoms with Gasteiger partial charge in [0.25, 0.3) is 0 Å². The first kappa shape index (κ1) is 90.1. The third-order valence-corrected chi connectivity index (χ3v) is 18.8. The fourth-order valence-corrected chi connectivity index (χ4v) is 12.7. The maximum Gasteiger partial charge on any atom is 0.472 e.